The maximum absolute atomic E-state index is 5.59. The summed E-state index contributed by atoms with van der Waals surface area (Å²) in [4.78, 5) is 8.29. The lowest BCUT2D eigenvalue weighted by molar-refractivity contribution is 0.897. The standard InChI is InChI=1S/C12H13BrN4/c13-9-3-1-2-4-10(9)15-8-6-12-16-7-5-11(14)17-12/h1-5,7,15H,6,8H2,(H2,14,16,17). The molecule has 2 rings (SSSR count). The third-order valence-electron chi connectivity index (χ3n) is 2.26. The van der Waals surface area contributed by atoms with E-state index in [1.165, 1.54) is 0 Å². The van der Waals surface area contributed by atoms with Crippen LogP contribution in [0.3, 0.4) is 0 Å². The molecular weight excluding hydrogens is 280 g/mol. The van der Waals surface area contributed by atoms with Crippen molar-refractivity contribution in [3.8, 4) is 0 Å². The summed E-state index contributed by atoms with van der Waals surface area (Å²) in [6.07, 6.45) is 2.42. The van der Waals surface area contributed by atoms with Crippen LogP contribution in [0.25, 0.3) is 0 Å². The van der Waals surface area contributed by atoms with Gasteiger partial charge in [0.15, 0.2) is 0 Å². The second kappa shape index (κ2) is 5.63. The number of hydrogen-bond acceptors (Lipinski definition) is 4. The highest BCUT2D eigenvalue weighted by Gasteiger charge is 1.99. The van der Waals surface area contributed by atoms with Crippen LogP contribution in [0.5, 0.6) is 0 Å². The normalized spacial score (nSPS) is 10.2. The minimum Gasteiger partial charge on any atom is -0.384 e. The van der Waals surface area contributed by atoms with Crippen LogP contribution in [0.1, 0.15) is 5.82 Å². The number of anilines is 2. The minimum absolute atomic E-state index is 0.510. The lowest BCUT2D eigenvalue weighted by Crippen LogP contribution is -2.08. The van der Waals surface area contributed by atoms with Crippen molar-refractivity contribution in [1.82, 2.24) is 9.97 Å². The van der Waals surface area contributed by atoms with Crippen molar-refractivity contribution in [1.29, 1.82) is 0 Å². The van der Waals surface area contributed by atoms with E-state index >= 15 is 0 Å². The molecule has 0 atom stereocenters. The third kappa shape index (κ3) is 3.42. The highest BCUT2D eigenvalue weighted by molar-refractivity contribution is 9.10. The van der Waals surface area contributed by atoms with Gasteiger partial charge < -0.3 is 11.1 Å². The van der Waals surface area contributed by atoms with Crippen LogP contribution >= 0.6 is 15.9 Å². The summed E-state index contributed by atoms with van der Waals surface area (Å²) in [6, 6.07) is 9.68. The molecule has 0 unspecified atom stereocenters. The van der Waals surface area contributed by atoms with Gasteiger partial charge in [0, 0.05) is 29.3 Å². The molecule has 1 aromatic heterocycles. The molecule has 1 heterocycles. The molecule has 0 aliphatic rings. The lowest BCUT2D eigenvalue weighted by Gasteiger charge is -2.07. The van der Waals surface area contributed by atoms with Crippen LogP contribution in [0.15, 0.2) is 41.0 Å². The number of nitrogens with two attached hydrogens (primary N) is 1. The molecular formula is C12H13BrN4. The molecule has 0 bridgehead atoms. The summed E-state index contributed by atoms with van der Waals surface area (Å²) >= 11 is 3.48. The van der Waals surface area contributed by atoms with Crippen LogP contribution in [-0.2, 0) is 6.42 Å². The first-order valence-electron chi connectivity index (χ1n) is 5.31. The minimum atomic E-state index is 0.510. The molecule has 0 saturated carbocycles. The Morgan fingerprint density at radius 1 is 1.24 bits per heavy atom. The summed E-state index contributed by atoms with van der Waals surface area (Å²) in [5, 5.41) is 3.31. The topological polar surface area (TPSA) is 63.8 Å². The van der Waals surface area contributed by atoms with E-state index in [-0.39, 0.29) is 0 Å². The van der Waals surface area contributed by atoms with Gasteiger partial charge in [-0.05, 0) is 34.1 Å². The maximum Gasteiger partial charge on any atom is 0.132 e. The third-order valence-corrected chi connectivity index (χ3v) is 2.96. The summed E-state index contributed by atoms with van der Waals surface area (Å²) in [7, 11) is 0. The average Bonchev–Trinajstić information content (AvgIpc) is 2.32. The smallest absolute Gasteiger partial charge is 0.132 e. The molecule has 0 aliphatic carbocycles. The van der Waals surface area contributed by atoms with Gasteiger partial charge in [0.2, 0.25) is 0 Å². The molecule has 0 radical (unpaired) electrons. The van der Waals surface area contributed by atoms with Crippen molar-refractivity contribution >= 4 is 27.4 Å². The monoisotopic (exact) mass is 292 g/mol. The molecule has 2 aromatic rings. The predicted molar refractivity (Wildman–Crippen MR) is 72.8 cm³/mol. The van der Waals surface area contributed by atoms with Gasteiger partial charge in [-0.1, -0.05) is 12.1 Å². The van der Waals surface area contributed by atoms with Crippen LogP contribution in [0.4, 0.5) is 11.5 Å². The van der Waals surface area contributed by atoms with E-state index in [0.717, 1.165) is 29.0 Å². The first-order valence-corrected chi connectivity index (χ1v) is 6.11. The summed E-state index contributed by atoms with van der Waals surface area (Å²) in [5.41, 5.74) is 6.65. The van der Waals surface area contributed by atoms with Crippen LogP contribution in [-0.4, -0.2) is 16.5 Å². The number of hydrogen-bond donors (Lipinski definition) is 2. The lowest BCUT2D eigenvalue weighted by atomic mass is 10.3. The van der Waals surface area contributed by atoms with Crippen molar-refractivity contribution in [3.05, 3.63) is 46.8 Å². The number of aromatic nitrogens is 2. The van der Waals surface area contributed by atoms with Gasteiger partial charge >= 0.3 is 0 Å². The number of nitrogens with zero attached hydrogens (tertiary/aromatic N) is 2. The van der Waals surface area contributed by atoms with Gasteiger partial charge in [-0.15, -0.1) is 0 Å². The Morgan fingerprint density at radius 3 is 2.82 bits per heavy atom. The van der Waals surface area contributed by atoms with Crippen molar-refractivity contribution in [3.63, 3.8) is 0 Å². The molecule has 1 aromatic carbocycles. The van der Waals surface area contributed by atoms with E-state index in [0.29, 0.717) is 5.82 Å². The Kier molecular flexibility index (Phi) is 3.93. The molecule has 3 N–H and O–H groups in total. The Morgan fingerprint density at radius 2 is 2.06 bits per heavy atom. The van der Waals surface area contributed by atoms with Crippen LogP contribution in [0, 0.1) is 0 Å². The molecule has 17 heavy (non-hydrogen) atoms. The fraction of sp³-hybridized carbons (Fsp3) is 0.167. The zero-order valence-electron chi connectivity index (χ0n) is 9.23. The Labute approximate surface area is 108 Å². The van der Waals surface area contributed by atoms with Crippen molar-refractivity contribution in [2.75, 3.05) is 17.6 Å². The number of benzene rings is 1. The van der Waals surface area contributed by atoms with Gasteiger partial charge in [-0.25, -0.2) is 9.97 Å². The maximum atomic E-state index is 5.59. The Balaban J connectivity index is 1.90. The molecule has 0 fully saturated rings. The zero-order valence-corrected chi connectivity index (χ0v) is 10.8. The fourth-order valence-electron chi connectivity index (χ4n) is 1.45. The first-order chi connectivity index (χ1) is 8.25. The molecule has 88 valence electrons. The second-order valence-corrected chi connectivity index (χ2v) is 4.41. The van der Waals surface area contributed by atoms with Crippen LogP contribution in [0.2, 0.25) is 0 Å². The molecule has 5 heteroatoms. The van der Waals surface area contributed by atoms with Gasteiger partial charge in [0.25, 0.3) is 0 Å². The largest absolute Gasteiger partial charge is 0.384 e. The number of para-hydroxylation sites is 1. The number of rotatable bonds is 4. The van der Waals surface area contributed by atoms with E-state index in [1.807, 2.05) is 24.3 Å². The van der Waals surface area contributed by atoms with E-state index in [4.69, 9.17) is 5.73 Å². The van der Waals surface area contributed by atoms with E-state index in [2.05, 4.69) is 31.2 Å². The van der Waals surface area contributed by atoms with Crippen molar-refractivity contribution < 1.29 is 0 Å². The molecule has 0 amide bonds. The molecule has 0 saturated heterocycles. The highest BCUT2D eigenvalue weighted by Crippen LogP contribution is 2.20. The number of nitrogens with one attached hydrogen (secondary N) is 1. The summed E-state index contributed by atoms with van der Waals surface area (Å²) in [5.74, 6) is 1.26. The van der Waals surface area contributed by atoms with Gasteiger partial charge in [0.05, 0.1) is 0 Å². The quantitative estimate of drug-likeness (QED) is 0.909. The first kappa shape index (κ1) is 11.9. The Hall–Kier alpha value is -1.62. The van der Waals surface area contributed by atoms with E-state index in [9.17, 15) is 0 Å². The number of halogens is 1. The Bertz CT molecular complexity index is 501. The van der Waals surface area contributed by atoms with E-state index in [1.54, 1.807) is 12.3 Å². The van der Waals surface area contributed by atoms with Gasteiger partial charge in [-0.2, -0.15) is 0 Å². The summed E-state index contributed by atoms with van der Waals surface area (Å²) in [6.45, 7) is 0.770. The predicted octanol–water partition coefficient (Wildman–Crippen LogP) is 2.48. The molecule has 0 spiro atoms. The molecule has 0 aliphatic heterocycles. The van der Waals surface area contributed by atoms with Gasteiger partial charge in [0.1, 0.15) is 11.6 Å². The van der Waals surface area contributed by atoms with Crippen LogP contribution < -0.4 is 11.1 Å². The summed E-state index contributed by atoms with van der Waals surface area (Å²) < 4.78 is 1.05. The number of nitrogen functional groups attached to an aromatic ring is 1. The van der Waals surface area contributed by atoms with Crippen molar-refractivity contribution in [2.45, 2.75) is 6.42 Å². The highest BCUT2D eigenvalue weighted by atomic mass is 79.9. The van der Waals surface area contributed by atoms with E-state index < -0.39 is 0 Å². The van der Waals surface area contributed by atoms with Gasteiger partial charge in [-0.3, -0.25) is 0 Å². The molecule has 4 nitrogen and oxygen atoms in total. The second-order valence-electron chi connectivity index (χ2n) is 3.55. The van der Waals surface area contributed by atoms with Crippen molar-refractivity contribution in [2.24, 2.45) is 0 Å². The average molecular weight is 293 g/mol. The fourth-order valence-corrected chi connectivity index (χ4v) is 1.87. The SMILES string of the molecule is Nc1ccnc(CCNc2ccccc2Br)n1. The zero-order chi connectivity index (χ0) is 12.1.